The Morgan fingerprint density at radius 1 is 1.10 bits per heavy atom. The van der Waals surface area contributed by atoms with Gasteiger partial charge in [-0.05, 0) is 36.2 Å². The van der Waals surface area contributed by atoms with Crippen LogP contribution in [-0.4, -0.2) is 43.5 Å². The Morgan fingerprint density at radius 2 is 1.77 bits per heavy atom. The summed E-state index contributed by atoms with van der Waals surface area (Å²) in [6.45, 7) is 1.37. The number of halogens is 1. The van der Waals surface area contributed by atoms with Gasteiger partial charge >= 0.3 is 6.03 Å². The van der Waals surface area contributed by atoms with Gasteiger partial charge in [0.2, 0.25) is 5.91 Å². The molecule has 0 radical (unpaired) electrons. The highest BCUT2D eigenvalue weighted by molar-refractivity contribution is 6.30. The van der Waals surface area contributed by atoms with Crippen molar-refractivity contribution in [3.8, 4) is 11.5 Å². The zero-order chi connectivity index (χ0) is 21.9. The summed E-state index contributed by atoms with van der Waals surface area (Å²) in [7, 11) is 2.99. The van der Waals surface area contributed by atoms with Crippen LogP contribution < -0.4 is 20.1 Å². The first-order valence-corrected chi connectivity index (χ1v) is 9.64. The lowest BCUT2D eigenvalue weighted by Gasteiger charge is -2.25. The average Bonchev–Trinajstić information content (AvgIpc) is 2.99. The van der Waals surface area contributed by atoms with E-state index in [1.807, 2.05) is 0 Å². The molecule has 3 rings (SSSR count). The maximum absolute atomic E-state index is 13.1. The van der Waals surface area contributed by atoms with Crippen LogP contribution in [0.25, 0.3) is 0 Å². The van der Waals surface area contributed by atoms with E-state index in [2.05, 4.69) is 10.6 Å². The smallest absolute Gasteiger partial charge is 0.325 e. The van der Waals surface area contributed by atoms with Gasteiger partial charge in [-0.25, -0.2) is 4.79 Å². The van der Waals surface area contributed by atoms with Crippen LogP contribution in [0.1, 0.15) is 18.9 Å². The highest BCUT2D eigenvalue weighted by Gasteiger charge is 2.51. The molecule has 0 aliphatic carbocycles. The fourth-order valence-electron chi connectivity index (χ4n) is 3.40. The summed E-state index contributed by atoms with van der Waals surface area (Å²) in [5.74, 6) is -0.0492. The number of carbonyl (C=O) groups excluding carboxylic acids is 3. The van der Waals surface area contributed by atoms with E-state index in [4.69, 9.17) is 21.1 Å². The summed E-state index contributed by atoms with van der Waals surface area (Å²) in [6.07, 6.45) is 0.326. The highest BCUT2D eigenvalue weighted by Crippen LogP contribution is 2.33. The summed E-state index contributed by atoms with van der Waals surface area (Å²) >= 11 is 5.93. The Hall–Kier alpha value is -3.26. The fourth-order valence-corrected chi connectivity index (χ4v) is 3.53. The minimum Gasteiger partial charge on any atom is -0.493 e. The molecule has 0 saturated carbocycles. The quantitative estimate of drug-likeness (QED) is 0.656. The van der Waals surface area contributed by atoms with Crippen LogP contribution in [0.15, 0.2) is 42.5 Å². The number of nitrogens with one attached hydrogen (secondary N) is 2. The standard InChI is InChI=1S/C21H22ClN3O5/c1-4-21(13-5-7-14(22)8-6-13)19(27)25(20(28)24-21)12-18(26)23-15-9-10-16(29-2)17(11-15)30-3/h5-11H,4,12H2,1-3H3,(H,23,26)(H,24,28)/t21-/m1/s1. The zero-order valence-corrected chi connectivity index (χ0v) is 17.6. The van der Waals surface area contributed by atoms with Gasteiger partial charge in [-0.15, -0.1) is 0 Å². The molecular formula is C21H22ClN3O5. The average molecular weight is 432 g/mol. The molecule has 158 valence electrons. The molecule has 0 unspecified atom stereocenters. The number of benzene rings is 2. The molecule has 2 aromatic rings. The molecule has 1 aliphatic heterocycles. The predicted molar refractivity (Wildman–Crippen MR) is 112 cm³/mol. The van der Waals surface area contributed by atoms with Crippen LogP contribution in [-0.2, 0) is 15.1 Å². The monoisotopic (exact) mass is 431 g/mol. The number of methoxy groups -OCH3 is 2. The van der Waals surface area contributed by atoms with Crippen molar-refractivity contribution in [1.29, 1.82) is 0 Å². The van der Waals surface area contributed by atoms with Crippen molar-refractivity contribution >= 4 is 35.1 Å². The molecule has 0 spiro atoms. The van der Waals surface area contributed by atoms with E-state index in [1.54, 1.807) is 49.4 Å². The van der Waals surface area contributed by atoms with Crippen molar-refractivity contribution in [2.24, 2.45) is 0 Å². The van der Waals surface area contributed by atoms with Crippen LogP contribution in [0.5, 0.6) is 11.5 Å². The molecule has 30 heavy (non-hydrogen) atoms. The molecule has 0 bridgehead atoms. The second kappa shape index (κ2) is 8.62. The highest BCUT2D eigenvalue weighted by atomic mass is 35.5. The summed E-state index contributed by atoms with van der Waals surface area (Å²) < 4.78 is 10.4. The molecule has 1 heterocycles. The van der Waals surface area contributed by atoms with Crippen LogP contribution in [0.2, 0.25) is 5.02 Å². The number of anilines is 1. The van der Waals surface area contributed by atoms with Crippen LogP contribution in [0.4, 0.5) is 10.5 Å². The van der Waals surface area contributed by atoms with Crippen LogP contribution >= 0.6 is 11.6 Å². The first-order chi connectivity index (χ1) is 14.3. The minimum atomic E-state index is -1.23. The fraction of sp³-hybridized carbons (Fsp3) is 0.286. The molecule has 2 N–H and O–H groups in total. The van der Waals surface area contributed by atoms with E-state index >= 15 is 0 Å². The number of imide groups is 1. The van der Waals surface area contributed by atoms with Gasteiger partial charge in [0.15, 0.2) is 11.5 Å². The van der Waals surface area contributed by atoms with E-state index in [0.717, 1.165) is 4.90 Å². The Morgan fingerprint density at radius 3 is 2.37 bits per heavy atom. The Bertz CT molecular complexity index is 979. The third-order valence-corrected chi connectivity index (χ3v) is 5.26. The van der Waals surface area contributed by atoms with Crippen molar-refractivity contribution in [2.45, 2.75) is 18.9 Å². The first kappa shape index (κ1) is 21.4. The van der Waals surface area contributed by atoms with Crippen molar-refractivity contribution in [2.75, 3.05) is 26.1 Å². The van der Waals surface area contributed by atoms with Gasteiger partial charge in [-0.1, -0.05) is 30.7 Å². The first-order valence-electron chi connectivity index (χ1n) is 9.26. The van der Waals surface area contributed by atoms with Gasteiger partial charge in [0.25, 0.3) is 5.91 Å². The van der Waals surface area contributed by atoms with E-state index in [0.29, 0.717) is 34.2 Å². The number of rotatable bonds is 7. The van der Waals surface area contributed by atoms with Crippen LogP contribution in [0, 0.1) is 0 Å². The Balaban J connectivity index is 1.76. The number of carbonyl (C=O) groups is 3. The van der Waals surface area contributed by atoms with Crippen LogP contribution in [0.3, 0.4) is 0 Å². The lowest BCUT2D eigenvalue weighted by molar-refractivity contribution is -0.134. The van der Waals surface area contributed by atoms with Gasteiger partial charge < -0.3 is 20.1 Å². The molecule has 1 aliphatic rings. The second-order valence-corrected chi connectivity index (χ2v) is 7.14. The maximum atomic E-state index is 13.1. The predicted octanol–water partition coefficient (Wildman–Crippen LogP) is 3.15. The molecule has 1 fully saturated rings. The van der Waals surface area contributed by atoms with Gasteiger partial charge in [0, 0.05) is 16.8 Å². The van der Waals surface area contributed by atoms with Crippen molar-refractivity contribution in [3.05, 3.63) is 53.1 Å². The van der Waals surface area contributed by atoms with Gasteiger partial charge in [-0.2, -0.15) is 0 Å². The molecule has 2 aromatic carbocycles. The Kier molecular flexibility index (Phi) is 6.17. The molecule has 9 heteroatoms. The van der Waals surface area contributed by atoms with E-state index in [9.17, 15) is 14.4 Å². The lowest BCUT2D eigenvalue weighted by Crippen LogP contribution is -2.44. The van der Waals surface area contributed by atoms with Crippen molar-refractivity contribution in [1.82, 2.24) is 10.2 Å². The molecular weight excluding hydrogens is 410 g/mol. The SMILES string of the molecule is CC[C@]1(c2ccc(Cl)cc2)NC(=O)N(CC(=O)Nc2ccc(OC)c(OC)c2)C1=O. The van der Waals surface area contributed by atoms with Crippen molar-refractivity contribution < 1.29 is 23.9 Å². The van der Waals surface area contributed by atoms with E-state index < -0.39 is 29.9 Å². The number of urea groups is 1. The lowest BCUT2D eigenvalue weighted by atomic mass is 9.87. The van der Waals surface area contributed by atoms with E-state index in [-0.39, 0.29) is 0 Å². The molecule has 8 nitrogen and oxygen atoms in total. The summed E-state index contributed by atoms with van der Waals surface area (Å²) in [4.78, 5) is 39.1. The third-order valence-electron chi connectivity index (χ3n) is 5.01. The summed E-state index contributed by atoms with van der Waals surface area (Å²) in [5, 5.41) is 5.92. The van der Waals surface area contributed by atoms with Gasteiger partial charge in [0.05, 0.1) is 14.2 Å². The van der Waals surface area contributed by atoms with E-state index in [1.165, 1.54) is 14.2 Å². The molecule has 0 aromatic heterocycles. The minimum absolute atomic E-state index is 0.326. The number of hydrogen-bond acceptors (Lipinski definition) is 5. The number of ether oxygens (including phenoxy) is 2. The number of hydrogen-bond donors (Lipinski definition) is 2. The summed E-state index contributed by atoms with van der Waals surface area (Å²) in [5.41, 5.74) is -0.176. The van der Waals surface area contributed by atoms with Gasteiger partial charge in [0.1, 0.15) is 12.1 Å². The number of nitrogens with zero attached hydrogens (tertiary/aromatic N) is 1. The topological polar surface area (TPSA) is 97.0 Å². The third kappa shape index (κ3) is 3.91. The maximum Gasteiger partial charge on any atom is 0.325 e. The zero-order valence-electron chi connectivity index (χ0n) is 16.8. The van der Waals surface area contributed by atoms with Crippen molar-refractivity contribution in [3.63, 3.8) is 0 Å². The molecule has 1 saturated heterocycles. The molecule has 4 amide bonds. The molecule has 1 atom stereocenters. The second-order valence-electron chi connectivity index (χ2n) is 6.71. The Labute approximate surface area is 179 Å². The normalized spacial score (nSPS) is 18.2. The summed E-state index contributed by atoms with van der Waals surface area (Å²) in [6, 6.07) is 10.9. The van der Waals surface area contributed by atoms with Gasteiger partial charge in [-0.3, -0.25) is 14.5 Å². The largest absolute Gasteiger partial charge is 0.493 e. The number of amides is 4.